The molecule has 1 aromatic carbocycles. The molecule has 22 heavy (non-hydrogen) atoms. The SMILES string of the molecule is CCc1ncc(C(=O)NCc2ncc(-c3ccccc3)o2)s1. The summed E-state index contributed by atoms with van der Waals surface area (Å²) in [7, 11) is 0. The maximum atomic E-state index is 12.0. The number of hydrogen-bond donors (Lipinski definition) is 1. The number of aromatic nitrogens is 2. The first-order valence-corrected chi connectivity index (χ1v) is 7.81. The van der Waals surface area contributed by atoms with Crippen molar-refractivity contribution in [2.75, 3.05) is 0 Å². The molecule has 0 radical (unpaired) electrons. The molecule has 0 saturated heterocycles. The van der Waals surface area contributed by atoms with E-state index in [1.807, 2.05) is 37.3 Å². The van der Waals surface area contributed by atoms with Crippen LogP contribution in [0.4, 0.5) is 0 Å². The molecule has 1 N–H and O–H groups in total. The molecule has 2 aromatic heterocycles. The van der Waals surface area contributed by atoms with Gasteiger partial charge in [-0.25, -0.2) is 9.97 Å². The first kappa shape index (κ1) is 14.5. The van der Waals surface area contributed by atoms with E-state index in [0.717, 1.165) is 17.0 Å². The Morgan fingerprint density at radius 1 is 1.23 bits per heavy atom. The number of aryl methyl sites for hydroxylation is 1. The van der Waals surface area contributed by atoms with Crippen LogP contribution in [-0.4, -0.2) is 15.9 Å². The van der Waals surface area contributed by atoms with E-state index in [4.69, 9.17) is 4.42 Å². The second-order valence-corrected chi connectivity index (χ2v) is 5.75. The Morgan fingerprint density at radius 2 is 2.05 bits per heavy atom. The van der Waals surface area contributed by atoms with Gasteiger partial charge in [0.05, 0.1) is 23.9 Å². The molecule has 6 heteroatoms. The lowest BCUT2D eigenvalue weighted by Gasteiger charge is -1.99. The molecule has 3 aromatic rings. The second kappa shape index (κ2) is 6.53. The summed E-state index contributed by atoms with van der Waals surface area (Å²) >= 11 is 1.40. The van der Waals surface area contributed by atoms with Gasteiger partial charge in [0, 0.05) is 5.56 Å². The van der Waals surface area contributed by atoms with Crippen molar-refractivity contribution in [3.05, 3.63) is 58.5 Å². The summed E-state index contributed by atoms with van der Waals surface area (Å²) in [4.78, 5) is 21.0. The number of rotatable bonds is 5. The van der Waals surface area contributed by atoms with Gasteiger partial charge in [-0.1, -0.05) is 37.3 Å². The van der Waals surface area contributed by atoms with Crippen molar-refractivity contribution in [2.24, 2.45) is 0 Å². The average Bonchev–Trinajstić information content (AvgIpc) is 3.22. The number of nitrogens with zero attached hydrogens (tertiary/aromatic N) is 2. The van der Waals surface area contributed by atoms with Crippen molar-refractivity contribution in [2.45, 2.75) is 19.9 Å². The smallest absolute Gasteiger partial charge is 0.263 e. The summed E-state index contributed by atoms with van der Waals surface area (Å²) in [6.45, 7) is 2.27. The lowest BCUT2D eigenvalue weighted by Crippen LogP contribution is -2.21. The number of thiazole rings is 1. The number of hydrogen-bond acceptors (Lipinski definition) is 5. The molecular weight excluding hydrogens is 298 g/mol. The van der Waals surface area contributed by atoms with Gasteiger partial charge in [-0.05, 0) is 6.42 Å². The molecule has 0 unspecified atom stereocenters. The fourth-order valence-corrected chi connectivity index (χ4v) is 2.72. The first-order valence-electron chi connectivity index (χ1n) is 6.99. The Morgan fingerprint density at radius 3 is 2.77 bits per heavy atom. The molecule has 2 heterocycles. The number of benzene rings is 1. The Hall–Kier alpha value is -2.47. The summed E-state index contributed by atoms with van der Waals surface area (Å²) in [5.41, 5.74) is 0.961. The van der Waals surface area contributed by atoms with Gasteiger partial charge >= 0.3 is 0 Å². The molecule has 0 aliphatic carbocycles. The van der Waals surface area contributed by atoms with E-state index in [1.54, 1.807) is 12.4 Å². The van der Waals surface area contributed by atoms with Gasteiger partial charge in [-0.3, -0.25) is 4.79 Å². The zero-order chi connectivity index (χ0) is 15.4. The highest BCUT2D eigenvalue weighted by Gasteiger charge is 2.11. The highest BCUT2D eigenvalue weighted by Crippen LogP contribution is 2.19. The van der Waals surface area contributed by atoms with E-state index in [9.17, 15) is 4.79 Å². The number of nitrogens with one attached hydrogen (secondary N) is 1. The number of carbonyl (C=O) groups excluding carboxylic acids is 1. The summed E-state index contributed by atoms with van der Waals surface area (Å²) in [5.74, 6) is 1.01. The van der Waals surface area contributed by atoms with Crippen molar-refractivity contribution in [1.29, 1.82) is 0 Å². The van der Waals surface area contributed by atoms with E-state index in [-0.39, 0.29) is 12.5 Å². The summed E-state index contributed by atoms with van der Waals surface area (Å²) < 4.78 is 5.64. The Bertz CT molecular complexity index is 765. The van der Waals surface area contributed by atoms with Crippen molar-refractivity contribution in [3.63, 3.8) is 0 Å². The Kier molecular flexibility index (Phi) is 4.29. The number of oxazole rings is 1. The van der Waals surface area contributed by atoms with Crippen molar-refractivity contribution in [3.8, 4) is 11.3 Å². The molecule has 0 atom stereocenters. The topological polar surface area (TPSA) is 68.0 Å². The maximum Gasteiger partial charge on any atom is 0.263 e. The minimum atomic E-state index is -0.156. The van der Waals surface area contributed by atoms with Crippen LogP contribution in [0.5, 0.6) is 0 Å². The molecule has 0 bridgehead atoms. The van der Waals surface area contributed by atoms with Crippen LogP contribution in [0.3, 0.4) is 0 Å². The minimum Gasteiger partial charge on any atom is -0.439 e. The standard InChI is InChI=1S/C16H15N3O2S/c1-2-15-18-9-13(22-15)16(20)19-10-14-17-8-12(21-14)11-6-4-3-5-7-11/h3-9H,2,10H2,1H3,(H,19,20). The van der Waals surface area contributed by atoms with Crippen molar-refractivity contribution >= 4 is 17.2 Å². The van der Waals surface area contributed by atoms with Crippen LogP contribution in [-0.2, 0) is 13.0 Å². The van der Waals surface area contributed by atoms with E-state index < -0.39 is 0 Å². The number of amides is 1. The molecule has 0 spiro atoms. The van der Waals surface area contributed by atoms with Gasteiger partial charge in [0.25, 0.3) is 5.91 Å². The first-order chi connectivity index (χ1) is 10.8. The number of carbonyl (C=O) groups is 1. The van der Waals surface area contributed by atoms with E-state index in [0.29, 0.717) is 16.5 Å². The maximum absolute atomic E-state index is 12.0. The Labute approximate surface area is 132 Å². The van der Waals surface area contributed by atoms with Crippen LogP contribution in [0.25, 0.3) is 11.3 Å². The summed E-state index contributed by atoms with van der Waals surface area (Å²) in [6, 6.07) is 9.72. The molecule has 0 aliphatic heterocycles. The lowest BCUT2D eigenvalue weighted by atomic mass is 10.2. The average molecular weight is 313 g/mol. The normalized spacial score (nSPS) is 10.6. The third-order valence-electron chi connectivity index (χ3n) is 3.09. The van der Waals surface area contributed by atoms with Crippen LogP contribution < -0.4 is 5.32 Å². The van der Waals surface area contributed by atoms with Crippen molar-refractivity contribution in [1.82, 2.24) is 15.3 Å². The van der Waals surface area contributed by atoms with Gasteiger partial charge < -0.3 is 9.73 Å². The highest BCUT2D eigenvalue weighted by molar-refractivity contribution is 7.13. The molecule has 1 amide bonds. The quantitative estimate of drug-likeness (QED) is 0.785. The van der Waals surface area contributed by atoms with Crippen LogP contribution >= 0.6 is 11.3 Å². The summed E-state index contributed by atoms with van der Waals surface area (Å²) in [6.07, 6.45) is 4.10. The van der Waals surface area contributed by atoms with Gasteiger partial charge in [-0.15, -0.1) is 11.3 Å². The fraction of sp³-hybridized carbons (Fsp3) is 0.188. The predicted molar refractivity (Wildman–Crippen MR) is 84.6 cm³/mol. The second-order valence-electron chi connectivity index (χ2n) is 4.64. The third kappa shape index (κ3) is 3.23. The monoisotopic (exact) mass is 313 g/mol. The Balaban J connectivity index is 1.62. The molecule has 3 rings (SSSR count). The van der Waals surface area contributed by atoms with Crippen LogP contribution in [0.2, 0.25) is 0 Å². The fourth-order valence-electron chi connectivity index (χ4n) is 1.95. The van der Waals surface area contributed by atoms with Crippen LogP contribution in [0, 0.1) is 0 Å². The molecule has 0 saturated carbocycles. The molecule has 0 fully saturated rings. The van der Waals surface area contributed by atoms with Gasteiger partial charge in [0.2, 0.25) is 5.89 Å². The lowest BCUT2D eigenvalue weighted by molar-refractivity contribution is 0.0951. The van der Waals surface area contributed by atoms with Crippen molar-refractivity contribution < 1.29 is 9.21 Å². The summed E-state index contributed by atoms with van der Waals surface area (Å²) in [5, 5.41) is 3.74. The zero-order valence-electron chi connectivity index (χ0n) is 12.1. The molecule has 0 aliphatic rings. The highest BCUT2D eigenvalue weighted by atomic mass is 32.1. The van der Waals surface area contributed by atoms with Gasteiger partial charge in [0.1, 0.15) is 4.88 Å². The largest absolute Gasteiger partial charge is 0.439 e. The van der Waals surface area contributed by atoms with Gasteiger partial charge in [-0.2, -0.15) is 0 Å². The van der Waals surface area contributed by atoms with E-state index in [1.165, 1.54) is 11.3 Å². The zero-order valence-corrected chi connectivity index (χ0v) is 12.9. The predicted octanol–water partition coefficient (Wildman–Crippen LogP) is 3.29. The molecular formula is C16H15N3O2S. The van der Waals surface area contributed by atoms with E-state index >= 15 is 0 Å². The molecule has 112 valence electrons. The van der Waals surface area contributed by atoms with Crippen LogP contribution in [0.1, 0.15) is 27.5 Å². The van der Waals surface area contributed by atoms with E-state index in [2.05, 4.69) is 15.3 Å². The third-order valence-corrected chi connectivity index (χ3v) is 4.23. The van der Waals surface area contributed by atoms with Crippen LogP contribution in [0.15, 0.2) is 47.1 Å². The van der Waals surface area contributed by atoms with Gasteiger partial charge in [0.15, 0.2) is 5.76 Å². The minimum absolute atomic E-state index is 0.156. The molecule has 5 nitrogen and oxygen atoms in total.